The van der Waals surface area contributed by atoms with Crippen molar-refractivity contribution < 1.29 is 22.7 Å². The van der Waals surface area contributed by atoms with E-state index in [1.165, 1.54) is 24.3 Å². The first-order valence-corrected chi connectivity index (χ1v) is 11.3. The SMILES string of the molecule is CCOc1cc2c(cc1CNC(=O)c1ccc(S(=O)(=O)C(C)C)cc1)OC(C)C2. The number of hydrogen-bond acceptors (Lipinski definition) is 5. The quantitative estimate of drug-likeness (QED) is 0.745. The van der Waals surface area contributed by atoms with Crippen LogP contribution in [0, 0.1) is 0 Å². The lowest BCUT2D eigenvalue weighted by atomic mass is 10.1. The molecule has 1 atom stereocenters. The Balaban J connectivity index is 1.73. The molecule has 1 heterocycles. The van der Waals surface area contributed by atoms with Gasteiger partial charge in [-0.25, -0.2) is 8.42 Å². The number of fused-ring (bicyclic) bond motifs is 1. The molecule has 0 radical (unpaired) electrons. The van der Waals surface area contributed by atoms with Crippen LogP contribution in [0.1, 0.15) is 49.2 Å². The van der Waals surface area contributed by atoms with Crippen molar-refractivity contribution in [2.24, 2.45) is 0 Å². The second kappa shape index (κ2) is 8.45. The summed E-state index contributed by atoms with van der Waals surface area (Å²) >= 11 is 0. The molecule has 1 aliphatic heterocycles. The number of benzene rings is 2. The van der Waals surface area contributed by atoms with Crippen molar-refractivity contribution in [2.45, 2.75) is 56.9 Å². The van der Waals surface area contributed by atoms with Gasteiger partial charge in [0.05, 0.1) is 16.8 Å². The van der Waals surface area contributed by atoms with Crippen LogP contribution in [0.15, 0.2) is 41.3 Å². The molecule has 1 aliphatic rings. The predicted octanol–water partition coefficient (Wildman–Crippen LogP) is 3.52. The van der Waals surface area contributed by atoms with E-state index in [0.717, 1.165) is 29.0 Å². The van der Waals surface area contributed by atoms with E-state index in [9.17, 15) is 13.2 Å². The third-order valence-corrected chi connectivity index (χ3v) is 7.05. The van der Waals surface area contributed by atoms with E-state index in [1.807, 2.05) is 26.0 Å². The monoisotopic (exact) mass is 417 g/mol. The third-order valence-electron chi connectivity index (χ3n) is 4.88. The average Bonchev–Trinajstić information content (AvgIpc) is 3.05. The number of carbonyl (C=O) groups is 1. The lowest BCUT2D eigenvalue weighted by molar-refractivity contribution is 0.0950. The van der Waals surface area contributed by atoms with Gasteiger partial charge >= 0.3 is 0 Å². The summed E-state index contributed by atoms with van der Waals surface area (Å²) in [5, 5.41) is 2.36. The van der Waals surface area contributed by atoms with E-state index in [2.05, 4.69) is 5.32 Å². The molecule has 0 saturated carbocycles. The molecule has 0 fully saturated rings. The highest BCUT2D eigenvalue weighted by Crippen LogP contribution is 2.35. The van der Waals surface area contributed by atoms with Gasteiger partial charge in [-0.3, -0.25) is 4.79 Å². The van der Waals surface area contributed by atoms with Crippen molar-refractivity contribution in [3.05, 3.63) is 53.1 Å². The summed E-state index contributed by atoms with van der Waals surface area (Å²) in [7, 11) is -3.36. The summed E-state index contributed by atoms with van der Waals surface area (Å²) in [6, 6.07) is 9.90. The fourth-order valence-electron chi connectivity index (χ4n) is 3.26. The van der Waals surface area contributed by atoms with Gasteiger partial charge in [-0.05, 0) is 64.1 Å². The van der Waals surface area contributed by atoms with Crippen LogP contribution in [0.5, 0.6) is 11.5 Å². The molecule has 0 aliphatic carbocycles. The largest absolute Gasteiger partial charge is 0.494 e. The molecule has 1 N–H and O–H groups in total. The molecule has 3 rings (SSSR count). The molecule has 1 amide bonds. The maximum atomic E-state index is 12.5. The Bertz CT molecular complexity index is 997. The highest BCUT2D eigenvalue weighted by molar-refractivity contribution is 7.92. The van der Waals surface area contributed by atoms with E-state index < -0.39 is 15.1 Å². The lowest BCUT2D eigenvalue weighted by Crippen LogP contribution is -2.23. The standard InChI is InChI=1S/C22H27NO5S/c1-5-27-20-11-17-10-15(4)28-21(17)12-18(20)13-23-22(24)16-6-8-19(9-7-16)29(25,26)14(2)3/h6-9,11-12,14-15H,5,10,13H2,1-4H3,(H,23,24). The Morgan fingerprint density at radius 3 is 2.55 bits per heavy atom. The minimum atomic E-state index is -3.36. The molecular weight excluding hydrogens is 390 g/mol. The van der Waals surface area contributed by atoms with Crippen LogP contribution in [-0.4, -0.2) is 32.3 Å². The zero-order valence-electron chi connectivity index (χ0n) is 17.2. The molecule has 0 saturated heterocycles. The van der Waals surface area contributed by atoms with Crippen LogP contribution in [0.3, 0.4) is 0 Å². The van der Waals surface area contributed by atoms with Crippen LogP contribution in [0.25, 0.3) is 0 Å². The molecule has 0 bridgehead atoms. The van der Waals surface area contributed by atoms with Gasteiger partial charge in [-0.2, -0.15) is 0 Å². The third kappa shape index (κ3) is 4.56. The Kier molecular flexibility index (Phi) is 6.17. The summed E-state index contributed by atoms with van der Waals surface area (Å²) in [4.78, 5) is 12.8. The van der Waals surface area contributed by atoms with Gasteiger partial charge in [-0.15, -0.1) is 0 Å². The van der Waals surface area contributed by atoms with Crippen molar-refractivity contribution in [2.75, 3.05) is 6.61 Å². The Morgan fingerprint density at radius 1 is 1.24 bits per heavy atom. The molecule has 2 aromatic carbocycles. The minimum absolute atomic E-state index is 0.130. The number of carbonyl (C=O) groups excluding carboxylic acids is 1. The van der Waals surface area contributed by atoms with E-state index >= 15 is 0 Å². The van der Waals surface area contributed by atoms with Crippen LogP contribution in [0.4, 0.5) is 0 Å². The van der Waals surface area contributed by atoms with Crippen LogP contribution < -0.4 is 14.8 Å². The smallest absolute Gasteiger partial charge is 0.251 e. The molecule has 2 aromatic rings. The minimum Gasteiger partial charge on any atom is -0.494 e. The fourth-order valence-corrected chi connectivity index (χ4v) is 4.31. The number of hydrogen-bond donors (Lipinski definition) is 1. The number of amides is 1. The predicted molar refractivity (Wildman–Crippen MR) is 111 cm³/mol. The number of rotatable bonds is 7. The highest BCUT2D eigenvalue weighted by atomic mass is 32.2. The van der Waals surface area contributed by atoms with Gasteiger partial charge in [-0.1, -0.05) is 0 Å². The van der Waals surface area contributed by atoms with Crippen LogP contribution in [0.2, 0.25) is 0 Å². The first-order valence-electron chi connectivity index (χ1n) is 9.79. The van der Waals surface area contributed by atoms with Gasteiger partial charge < -0.3 is 14.8 Å². The maximum absolute atomic E-state index is 12.5. The van der Waals surface area contributed by atoms with Crippen molar-refractivity contribution in [3.8, 4) is 11.5 Å². The van der Waals surface area contributed by atoms with E-state index in [4.69, 9.17) is 9.47 Å². The van der Waals surface area contributed by atoms with Crippen molar-refractivity contribution in [1.82, 2.24) is 5.32 Å². The number of nitrogens with one attached hydrogen (secondary N) is 1. The molecule has 0 aromatic heterocycles. The number of ether oxygens (including phenoxy) is 2. The van der Waals surface area contributed by atoms with Gasteiger partial charge in [0.2, 0.25) is 0 Å². The molecule has 1 unspecified atom stereocenters. The molecule has 0 spiro atoms. The Morgan fingerprint density at radius 2 is 1.93 bits per heavy atom. The van der Waals surface area contributed by atoms with Gasteiger partial charge in [0, 0.05) is 29.7 Å². The molecule has 7 heteroatoms. The van der Waals surface area contributed by atoms with Gasteiger partial charge in [0.15, 0.2) is 9.84 Å². The van der Waals surface area contributed by atoms with Crippen molar-refractivity contribution in [3.63, 3.8) is 0 Å². The summed E-state index contributed by atoms with van der Waals surface area (Å²) in [6.07, 6.45) is 0.971. The van der Waals surface area contributed by atoms with Crippen molar-refractivity contribution >= 4 is 15.7 Å². The van der Waals surface area contributed by atoms with E-state index in [-0.39, 0.29) is 23.5 Å². The number of sulfone groups is 1. The second-order valence-corrected chi connectivity index (χ2v) is 9.94. The van der Waals surface area contributed by atoms with E-state index in [0.29, 0.717) is 12.2 Å². The molecular formula is C22H27NO5S. The topological polar surface area (TPSA) is 81.7 Å². The Hall–Kier alpha value is -2.54. The van der Waals surface area contributed by atoms with Crippen molar-refractivity contribution in [1.29, 1.82) is 0 Å². The molecule has 29 heavy (non-hydrogen) atoms. The Labute approximate surface area is 172 Å². The zero-order valence-corrected chi connectivity index (χ0v) is 18.0. The van der Waals surface area contributed by atoms with E-state index in [1.54, 1.807) is 13.8 Å². The summed E-state index contributed by atoms with van der Waals surface area (Å²) in [6.45, 7) is 8.01. The summed E-state index contributed by atoms with van der Waals surface area (Å²) < 4.78 is 36.0. The normalized spacial score (nSPS) is 15.7. The van der Waals surface area contributed by atoms with Gasteiger partial charge in [0.25, 0.3) is 5.91 Å². The molecule has 6 nitrogen and oxygen atoms in total. The van der Waals surface area contributed by atoms with Crippen LogP contribution in [-0.2, 0) is 22.8 Å². The summed E-state index contributed by atoms with van der Waals surface area (Å²) in [5.74, 6) is 1.28. The average molecular weight is 418 g/mol. The molecule has 156 valence electrons. The first kappa shape index (κ1) is 21.2. The first-order chi connectivity index (χ1) is 13.7. The maximum Gasteiger partial charge on any atom is 0.251 e. The summed E-state index contributed by atoms with van der Waals surface area (Å²) in [5.41, 5.74) is 2.35. The highest BCUT2D eigenvalue weighted by Gasteiger charge is 2.22. The van der Waals surface area contributed by atoms with Gasteiger partial charge in [0.1, 0.15) is 17.6 Å². The fraction of sp³-hybridized carbons (Fsp3) is 0.409. The zero-order chi connectivity index (χ0) is 21.2. The lowest BCUT2D eigenvalue weighted by Gasteiger charge is -2.14. The van der Waals surface area contributed by atoms with Crippen LogP contribution >= 0.6 is 0 Å². The second-order valence-electron chi connectivity index (χ2n) is 7.43.